The van der Waals surface area contributed by atoms with Gasteiger partial charge < -0.3 is 4.90 Å². The van der Waals surface area contributed by atoms with Crippen molar-refractivity contribution >= 4 is 17.4 Å². The fourth-order valence-corrected chi connectivity index (χ4v) is 2.45. The minimum absolute atomic E-state index is 0.286. The van der Waals surface area contributed by atoms with E-state index in [0.29, 0.717) is 5.92 Å². The second-order valence-electron chi connectivity index (χ2n) is 4.52. The maximum Gasteiger partial charge on any atom is 0.132 e. The molecular weight excluding hydrogens is 222 g/mol. The van der Waals surface area contributed by atoms with Gasteiger partial charge in [0.2, 0.25) is 0 Å². The highest BCUT2D eigenvalue weighted by Gasteiger charge is 2.23. The molecule has 1 aliphatic heterocycles. The van der Waals surface area contributed by atoms with Crippen LogP contribution in [-0.4, -0.2) is 28.4 Å². The zero-order chi connectivity index (χ0) is 11.5. The summed E-state index contributed by atoms with van der Waals surface area (Å²) < 4.78 is 0. The number of rotatable bonds is 2. The second-order valence-corrected chi connectivity index (χ2v) is 5.21. The molecule has 0 aromatic carbocycles. The molecule has 1 aromatic rings. The number of piperidine rings is 1. The van der Waals surface area contributed by atoms with Crippen molar-refractivity contribution in [3.05, 3.63) is 18.1 Å². The second kappa shape index (κ2) is 5.00. The molecule has 88 valence electrons. The van der Waals surface area contributed by atoms with Gasteiger partial charge in [0.1, 0.15) is 12.1 Å². The van der Waals surface area contributed by atoms with Gasteiger partial charge in [0.05, 0.1) is 0 Å². The summed E-state index contributed by atoms with van der Waals surface area (Å²) in [5, 5.41) is 0.286. The number of aryl methyl sites for hydroxylation is 1. The van der Waals surface area contributed by atoms with E-state index in [1.807, 2.05) is 13.0 Å². The number of alkyl halides is 1. The van der Waals surface area contributed by atoms with E-state index >= 15 is 0 Å². The number of hydrogen-bond donors (Lipinski definition) is 0. The predicted molar refractivity (Wildman–Crippen MR) is 67.0 cm³/mol. The highest BCUT2D eigenvalue weighted by molar-refractivity contribution is 6.20. The molecule has 1 saturated heterocycles. The Morgan fingerprint density at radius 3 is 2.62 bits per heavy atom. The molecule has 16 heavy (non-hydrogen) atoms. The Hall–Kier alpha value is -0.830. The number of hydrogen-bond acceptors (Lipinski definition) is 3. The maximum absolute atomic E-state index is 6.13. The summed E-state index contributed by atoms with van der Waals surface area (Å²) in [6.07, 6.45) is 3.96. The summed E-state index contributed by atoms with van der Waals surface area (Å²) in [7, 11) is 0. The lowest BCUT2D eigenvalue weighted by atomic mass is 9.94. The summed E-state index contributed by atoms with van der Waals surface area (Å²) >= 11 is 6.13. The summed E-state index contributed by atoms with van der Waals surface area (Å²) in [5.74, 6) is 1.70. The normalized spacial score (nSPS) is 19.8. The lowest BCUT2D eigenvalue weighted by Crippen LogP contribution is -2.36. The van der Waals surface area contributed by atoms with Crippen LogP contribution in [0.1, 0.15) is 25.5 Å². The first kappa shape index (κ1) is 11.6. The molecule has 2 heterocycles. The first-order chi connectivity index (χ1) is 7.66. The summed E-state index contributed by atoms with van der Waals surface area (Å²) in [4.78, 5) is 10.8. The van der Waals surface area contributed by atoms with Gasteiger partial charge in [0.25, 0.3) is 0 Å². The van der Waals surface area contributed by atoms with E-state index in [9.17, 15) is 0 Å². The average molecular weight is 240 g/mol. The molecule has 1 unspecified atom stereocenters. The van der Waals surface area contributed by atoms with Crippen molar-refractivity contribution in [1.82, 2.24) is 9.97 Å². The van der Waals surface area contributed by atoms with Gasteiger partial charge >= 0.3 is 0 Å². The fraction of sp³-hybridized carbons (Fsp3) is 0.667. The molecule has 1 atom stereocenters. The molecule has 1 aliphatic rings. The molecule has 0 spiro atoms. The highest BCUT2D eigenvalue weighted by atomic mass is 35.5. The molecule has 0 aliphatic carbocycles. The van der Waals surface area contributed by atoms with Crippen LogP contribution in [0.3, 0.4) is 0 Å². The van der Waals surface area contributed by atoms with Gasteiger partial charge in [-0.15, -0.1) is 11.6 Å². The first-order valence-electron chi connectivity index (χ1n) is 5.84. The van der Waals surface area contributed by atoms with Crippen LogP contribution in [0.25, 0.3) is 0 Å². The third-order valence-corrected chi connectivity index (χ3v) is 3.66. The lowest BCUT2D eigenvalue weighted by Gasteiger charge is -2.33. The van der Waals surface area contributed by atoms with Crippen molar-refractivity contribution in [3.63, 3.8) is 0 Å². The minimum Gasteiger partial charge on any atom is -0.356 e. The van der Waals surface area contributed by atoms with Crippen molar-refractivity contribution < 1.29 is 0 Å². The first-order valence-corrected chi connectivity index (χ1v) is 6.28. The zero-order valence-electron chi connectivity index (χ0n) is 9.86. The molecule has 3 nitrogen and oxygen atoms in total. The summed E-state index contributed by atoms with van der Waals surface area (Å²) in [5.41, 5.74) is 1.03. The fourth-order valence-electron chi connectivity index (χ4n) is 2.20. The highest BCUT2D eigenvalue weighted by Crippen LogP contribution is 2.26. The maximum atomic E-state index is 6.13. The Labute approximate surface area is 102 Å². The lowest BCUT2D eigenvalue weighted by molar-refractivity contribution is 0.398. The third kappa shape index (κ3) is 2.64. The number of anilines is 1. The van der Waals surface area contributed by atoms with Crippen molar-refractivity contribution in [3.8, 4) is 0 Å². The van der Waals surface area contributed by atoms with Crippen LogP contribution in [0.4, 0.5) is 5.82 Å². The Kier molecular flexibility index (Phi) is 3.64. The number of nitrogens with zero attached hydrogens (tertiary/aromatic N) is 3. The van der Waals surface area contributed by atoms with Crippen molar-refractivity contribution in [1.29, 1.82) is 0 Å². The number of halogens is 1. The largest absolute Gasteiger partial charge is 0.356 e. The van der Waals surface area contributed by atoms with Gasteiger partial charge in [-0.1, -0.05) is 0 Å². The minimum atomic E-state index is 0.286. The number of aromatic nitrogens is 2. The van der Waals surface area contributed by atoms with E-state index in [-0.39, 0.29) is 5.38 Å². The van der Waals surface area contributed by atoms with Crippen LogP contribution in [-0.2, 0) is 0 Å². The van der Waals surface area contributed by atoms with Crippen LogP contribution in [0, 0.1) is 12.8 Å². The van der Waals surface area contributed by atoms with E-state index < -0.39 is 0 Å². The molecule has 4 heteroatoms. The molecule has 2 rings (SSSR count). The van der Waals surface area contributed by atoms with Crippen molar-refractivity contribution in [2.24, 2.45) is 5.92 Å². The monoisotopic (exact) mass is 239 g/mol. The molecule has 0 radical (unpaired) electrons. The molecule has 0 amide bonds. The van der Waals surface area contributed by atoms with Crippen LogP contribution < -0.4 is 4.90 Å². The quantitative estimate of drug-likeness (QED) is 0.743. The molecule has 1 fully saturated rings. The molecule has 0 saturated carbocycles. The van der Waals surface area contributed by atoms with E-state index in [1.165, 1.54) is 0 Å². The van der Waals surface area contributed by atoms with Gasteiger partial charge in [0, 0.05) is 30.2 Å². The molecule has 0 bridgehead atoms. The smallest absolute Gasteiger partial charge is 0.132 e. The van der Waals surface area contributed by atoms with E-state index in [2.05, 4.69) is 21.8 Å². The SMILES string of the molecule is Cc1cc(N2CCC(C(C)Cl)CC2)ncn1. The van der Waals surface area contributed by atoms with Crippen LogP contribution in [0.15, 0.2) is 12.4 Å². The van der Waals surface area contributed by atoms with Crippen molar-refractivity contribution in [2.75, 3.05) is 18.0 Å². The van der Waals surface area contributed by atoms with E-state index in [0.717, 1.165) is 37.4 Å². The predicted octanol–water partition coefficient (Wildman–Crippen LogP) is 2.63. The van der Waals surface area contributed by atoms with E-state index in [1.54, 1.807) is 6.33 Å². The van der Waals surface area contributed by atoms with Gasteiger partial charge in [-0.05, 0) is 32.6 Å². The third-order valence-electron chi connectivity index (χ3n) is 3.30. The molecular formula is C12H18ClN3. The Morgan fingerprint density at radius 2 is 2.06 bits per heavy atom. The van der Waals surface area contributed by atoms with Gasteiger partial charge in [-0.3, -0.25) is 0 Å². The van der Waals surface area contributed by atoms with Crippen LogP contribution >= 0.6 is 11.6 Å². The zero-order valence-corrected chi connectivity index (χ0v) is 10.6. The van der Waals surface area contributed by atoms with Gasteiger partial charge in [0.15, 0.2) is 0 Å². The standard InChI is InChI=1S/C12H18ClN3/c1-9-7-12(15-8-14-9)16-5-3-11(4-6-16)10(2)13/h7-8,10-11H,3-6H2,1-2H3. The van der Waals surface area contributed by atoms with E-state index in [4.69, 9.17) is 11.6 Å². The Balaban J connectivity index is 1.99. The molecule has 0 N–H and O–H groups in total. The Bertz CT molecular complexity index is 346. The molecule has 1 aromatic heterocycles. The summed E-state index contributed by atoms with van der Waals surface area (Å²) in [6, 6.07) is 2.05. The van der Waals surface area contributed by atoms with Gasteiger partial charge in [-0.25, -0.2) is 9.97 Å². The van der Waals surface area contributed by atoms with Gasteiger partial charge in [-0.2, -0.15) is 0 Å². The average Bonchev–Trinajstić information content (AvgIpc) is 2.29. The van der Waals surface area contributed by atoms with Crippen LogP contribution in [0.5, 0.6) is 0 Å². The van der Waals surface area contributed by atoms with Crippen molar-refractivity contribution in [2.45, 2.75) is 32.1 Å². The Morgan fingerprint density at radius 1 is 1.38 bits per heavy atom. The van der Waals surface area contributed by atoms with Crippen LogP contribution in [0.2, 0.25) is 0 Å². The topological polar surface area (TPSA) is 29.0 Å². The summed E-state index contributed by atoms with van der Waals surface area (Å²) in [6.45, 7) is 6.20.